The van der Waals surface area contributed by atoms with E-state index in [0.29, 0.717) is 49.2 Å². The van der Waals surface area contributed by atoms with Crippen LogP contribution < -0.4 is 5.32 Å². The lowest BCUT2D eigenvalue weighted by molar-refractivity contribution is -0.139. The molecule has 1 amide bonds. The number of aliphatic carboxylic acids is 1. The van der Waals surface area contributed by atoms with Crippen molar-refractivity contribution in [3.8, 4) is 11.1 Å². The minimum atomic E-state index is -4.42. The summed E-state index contributed by atoms with van der Waals surface area (Å²) in [6.45, 7) is 4.00. The fraction of sp³-hybridized carbons (Fsp3) is 0.333. The van der Waals surface area contributed by atoms with Crippen LogP contribution in [0.3, 0.4) is 0 Å². The first-order valence-electron chi connectivity index (χ1n) is 12.6. The van der Waals surface area contributed by atoms with Crippen LogP contribution in [0.25, 0.3) is 11.1 Å². The average molecular weight is 525 g/mol. The monoisotopic (exact) mass is 524 g/mol. The molecule has 0 bridgehead atoms. The van der Waals surface area contributed by atoms with Crippen LogP contribution in [0.2, 0.25) is 0 Å². The zero-order valence-electron chi connectivity index (χ0n) is 21.2. The lowest BCUT2D eigenvalue weighted by atomic mass is 9.78. The Bertz CT molecular complexity index is 1250. The predicted octanol–water partition coefficient (Wildman–Crippen LogP) is 6.00. The molecule has 1 aliphatic rings. The summed E-state index contributed by atoms with van der Waals surface area (Å²) >= 11 is 0. The first-order valence-corrected chi connectivity index (χ1v) is 12.6. The molecule has 5 nitrogen and oxygen atoms in total. The van der Waals surface area contributed by atoms with Gasteiger partial charge in [-0.25, -0.2) is 0 Å². The maximum absolute atomic E-state index is 13.2. The van der Waals surface area contributed by atoms with Crippen molar-refractivity contribution >= 4 is 11.9 Å². The van der Waals surface area contributed by atoms with E-state index in [4.69, 9.17) is 0 Å². The third-order valence-electron chi connectivity index (χ3n) is 7.20. The molecule has 8 heteroatoms. The van der Waals surface area contributed by atoms with Crippen LogP contribution in [0.5, 0.6) is 0 Å². The van der Waals surface area contributed by atoms with Crippen LogP contribution in [0.1, 0.15) is 47.7 Å². The number of amides is 1. The summed E-state index contributed by atoms with van der Waals surface area (Å²) in [6, 6.07) is 21.3. The molecule has 38 heavy (non-hydrogen) atoms. The van der Waals surface area contributed by atoms with E-state index in [1.807, 2.05) is 37.3 Å². The number of hydrogen-bond donors (Lipinski definition) is 2. The number of carboxylic acids is 1. The van der Waals surface area contributed by atoms with E-state index in [-0.39, 0.29) is 18.4 Å². The van der Waals surface area contributed by atoms with E-state index in [9.17, 15) is 27.9 Å². The number of carboxylic acid groups (broad SMARTS) is 1. The predicted molar refractivity (Wildman–Crippen MR) is 140 cm³/mol. The molecule has 1 aliphatic heterocycles. The van der Waals surface area contributed by atoms with Crippen molar-refractivity contribution in [1.29, 1.82) is 0 Å². The number of carbonyl (C=O) groups excluding carboxylic acids is 1. The number of likely N-dealkylation sites (tertiary alicyclic amines) is 1. The summed E-state index contributed by atoms with van der Waals surface area (Å²) in [6.07, 6.45) is -2.97. The van der Waals surface area contributed by atoms with E-state index >= 15 is 0 Å². The van der Waals surface area contributed by atoms with Crippen molar-refractivity contribution in [3.63, 3.8) is 0 Å². The highest BCUT2D eigenvalue weighted by Gasteiger charge is 2.34. The van der Waals surface area contributed by atoms with Crippen LogP contribution in [-0.4, -0.2) is 47.6 Å². The van der Waals surface area contributed by atoms with E-state index in [0.717, 1.165) is 17.7 Å². The van der Waals surface area contributed by atoms with Crippen LogP contribution in [0, 0.1) is 0 Å². The number of alkyl halides is 3. The Kier molecular flexibility index (Phi) is 8.21. The maximum Gasteiger partial charge on any atom is 0.416 e. The minimum Gasteiger partial charge on any atom is -0.481 e. The van der Waals surface area contributed by atoms with Gasteiger partial charge in [0.15, 0.2) is 0 Å². The van der Waals surface area contributed by atoms with E-state index < -0.39 is 23.1 Å². The average Bonchev–Trinajstić information content (AvgIpc) is 2.89. The van der Waals surface area contributed by atoms with Crippen LogP contribution in [0.15, 0.2) is 78.9 Å². The first kappa shape index (κ1) is 27.4. The Morgan fingerprint density at radius 3 is 2.11 bits per heavy atom. The molecule has 0 saturated carbocycles. The number of nitrogens with one attached hydrogen (secondary N) is 1. The molecule has 1 fully saturated rings. The number of rotatable bonds is 8. The summed E-state index contributed by atoms with van der Waals surface area (Å²) in [5, 5.41) is 12.6. The second kappa shape index (κ2) is 11.4. The molecule has 0 radical (unpaired) electrons. The molecule has 0 aliphatic carbocycles. The topological polar surface area (TPSA) is 69.6 Å². The number of carbonyl (C=O) groups is 2. The normalized spacial score (nSPS) is 16.5. The van der Waals surface area contributed by atoms with Crippen LogP contribution in [-0.2, 0) is 16.4 Å². The van der Waals surface area contributed by atoms with E-state index in [2.05, 4.69) is 10.2 Å². The second-order valence-corrected chi connectivity index (χ2v) is 10.1. The Morgan fingerprint density at radius 1 is 0.895 bits per heavy atom. The SMILES string of the molecule is CC(CC(=O)O)(CN1CCC(NC(=O)c2ccccc2-c2ccc(C(F)(F)F)cc2)CC1)c1ccccc1. The Balaban J connectivity index is 1.40. The zero-order valence-corrected chi connectivity index (χ0v) is 21.2. The Labute approximate surface area is 220 Å². The molecular weight excluding hydrogens is 493 g/mol. The molecule has 1 atom stereocenters. The van der Waals surface area contributed by atoms with Gasteiger partial charge in [-0.3, -0.25) is 9.59 Å². The molecule has 0 aromatic heterocycles. The summed E-state index contributed by atoms with van der Waals surface area (Å²) in [5.41, 5.74) is 1.23. The van der Waals surface area contributed by atoms with Gasteiger partial charge in [-0.15, -0.1) is 0 Å². The summed E-state index contributed by atoms with van der Waals surface area (Å²) in [5.74, 6) is -1.11. The van der Waals surface area contributed by atoms with Crippen LogP contribution in [0.4, 0.5) is 13.2 Å². The highest BCUT2D eigenvalue weighted by atomic mass is 19.4. The van der Waals surface area contributed by atoms with Gasteiger partial charge >= 0.3 is 12.1 Å². The van der Waals surface area contributed by atoms with Gasteiger partial charge in [0.05, 0.1) is 12.0 Å². The molecular formula is C30H31F3N2O3. The van der Waals surface area contributed by atoms with Gasteiger partial charge in [-0.2, -0.15) is 13.2 Å². The molecule has 200 valence electrons. The molecule has 1 heterocycles. The molecule has 3 aromatic carbocycles. The fourth-order valence-electron chi connectivity index (χ4n) is 5.19. The second-order valence-electron chi connectivity index (χ2n) is 10.1. The largest absolute Gasteiger partial charge is 0.481 e. The van der Waals surface area contributed by atoms with Gasteiger partial charge in [0.1, 0.15) is 0 Å². The fourth-order valence-corrected chi connectivity index (χ4v) is 5.19. The smallest absolute Gasteiger partial charge is 0.416 e. The van der Waals surface area contributed by atoms with Crippen molar-refractivity contribution in [2.75, 3.05) is 19.6 Å². The maximum atomic E-state index is 13.2. The number of piperidine rings is 1. The lowest BCUT2D eigenvalue weighted by Gasteiger charge is -2.39. The third-order valence-corrected chi connectivity index (χ3v) is 7.20. The highest BCUT2D eigenvalue weighted by molar-refractivity contribution is 6.01. The molecule has 0 spiro atoms. The van der Waals surface area contributed by atoms with Gasteiger partial charge in [0.25, 0.3) is 5.91 Å². The summed E-state index contributed by atoms with van der Waals surface area (Å²) in [4.78, 5) is 27.0. The van der Waals surface area contributed by atoms with Crippen molar-refractivity contribution in [1.82, 2.24) is 10.2 Å². The van der Waals surface area contributed by atoms with Gasteiger partial charge in [-0.1, -0.05) is 67.6 Å². The summed E-state index contributed by atoms with van der Waals surface area (Å²) in [7, 11) is 0. The first-order chi connectivity index (χ1) is 18.0. The summed E-state index contributed by atoms with van der Waals surface area (Å²) < 4.78 is 38.9. The lowest BCUT2D eigenvalue weighted by Crippen LogP contribution is -2.48. The van der Waals surface area contributed by atoms with Crippen molar-refractivity contribution in [2.24, 2.45) is 0 Å². The van der Waals surface area contributed by atoms with Gasteiger partial charge < -0.3 is 15.3 Å². The Morgan fingerprint density at radius 2 is 1.50 bits per heavy atom. The molecule has 1 unspecified atom stereocenters. The minimum absolute atomic E-state index is 0.0222. The molecule has 3 aromatic rings. The van der Waals surface area contributed by atoms with Crippen molar-refractivity contribution in [2.45, 2.75) is 43.8 Å². The molecule has 1 saturated heterocycles. The Hall–Kier alpha value is -3.65. The number of hydrogen-bond acceptors (Lipinski definition) is 3. The molecule has 4 rings (SSSR count). The third kappa shape index (κ3) is 6.61. The van der Waals surface area contributed by atoms with Crippen molar-refractivity contribution in [3.05, 3.63) is 95.6 Å². The number of halogens is 3. The number of nitrogens with zero attached hydrogens (tertiary/aromatic N) is 1. The van der Waals surface area contributed by atoms with E-state index in [1.54, 1.807) is 24.3 Å². The van der Waals surface area contributed by atoms with Crippen molar-refractivity contribution < 1.29 is 27.9 Å². The van der Waals surface area contributed by atoms with Gasteiger partial charge in [0, 0.05) is 36.7 Å². The van der Waals surface area contributed by atoms with Crippen LogP contribution >= 0.6 is 0 Å². The number of benzene rings is 3. The standard InChI is InChI=1S/C30H31F3N2O3/c1-29(19-27(36)37,22-7-3-2-4-8-22)20-35-17-15-24(16-18-35)34-28(38)26-10-6-5-9-25(26)21-11-13-23(14-12-21)30(31,32)33/h2-14,24H,15-20H2,1H3,(H,34,38)(H,36,37). The highest BCUT2D eigenvalue weighted by Crippen LogP contribution is 2.32. The van der Waals surface area contributed by atoms with E-state index in [1.165, 1.54) is 12.1 Å². The quantitative estimate of drug-likeness (QED) is 0.379. The van der Waals surface area contributed by atoms with Gasteiger partial charge in [0.2, 0.25) is 0 Å². The molecule has 2 N–H and O–H groups in total. The zero-order chi connectivity index (χ0) is 27.3. The van der Waals surface area contributed by atoms with Gasteiger partial charge in [-0.05, 0) is 47.7 Å².